The van der Waals surface area contributed by atoms with E-state index in [0.29, 0.717) is 28.2 Å². The molecule has 2 aliphatic rings. The molecule has 0 aliphatic carbocycles. The van der Waals surface area contributed by atoms with Crippen LogP contribution >= 0.6 is 27.7 Å². The first-order chi connectivity index (χ1) is 16.5. The minimum Gasteiger partial charge on any atom is -0.493 e. The summed E-state index contributed by atoms with van der Waals surface area (Å²) in [6.07, 6.45) is 3.50. The molecule has 178 valence electrons. The molecule has 4 rings (SSSR count). The number of carbonyl (C=O) groups excluding carboxylic acids is 1. The number of aliphatic imine (C=N–C) groups is 1. The van der Waals surface area contributed by atoms with Crippen LogP contribution in [0.25, 0.3) is 6.08 Å². The minimum absolute atomic E-state index is 0.105. The van der Waals surface area contributed by atoms with E-state index in [2.05, 4.69) is 39.5 Å². The highest BCUT2D eigenvalue weighted by atomic mass is 79.9. The van der Waals surface area contributed by atoms with Crippen molar-refractivity contribution in [2.75, 3.05) is 52.0 Å². The van der Waals surface area contributed by atoms with Gasteiger partial charge in [0.05, 0.1) is 30.9 Å². The lowest BCUT2D eigenvalue weighted by atomic mass is 10.2. The molecule has 0 saturated carbocycles. The van der Waals surface area contributed by atoms with Gasteiger partial charge in [-0.15, -0.1) is 0 Å². The van der Waals surface area contributed by atoms with Crippen molar-refractivity contribution in [1.29, 1.82) is 0 Å². The Kier molecular flexibility index (Phi) is 7.97. The number of hydrogen-bond acceptors (Lipinski definition) is 7. The number of amidine groups is 1. The topological polar surface area (TPSA) is 63.6 Å². The van der Waals surface area contributed by atoms with E-state index < -0.39 is 0 Å². The third-order valence-corrected chi connectivity index (χ3v) is 7.13. The maximum atomic E-state index is 12.9. The Morgan fingerprint density at radius 3 is 2.62 bits per heavy atom. The van der Waals surface area contributed by atoms with Crippen LogP contribution in [-0.4, -0.2) is 63.0 Å². The highest BCUT2D eigenvalue weighted by Gasteiger charge is 2.30. The zero-order valence-corrected chi connectivity index (χ0v) is 21.5. The lowest BCUT2D eigenvalue weighted by Crippen LogP contribution is -2.36. The predicted molar refractivity (Wildman–Crippen MR) is 141 cm³/mol. The van der Waals surface area contributed by atoms with Gasteiger partial charge in [0.2, 0.25) is 0 Å². The summed E-state index contributed by atoms with van der Waals surface area (Å²) < 4.78 is 17.3. The number of likely N-dealkylation sites (N-methyl/N-ethyl adjacent to an activating group) is 1. The van der Waals surface area contributed by atoms with Gasteiger partial charge in [0, 0.05) is 30.3 Å². The first-order valence-corrected chi connectivity index (χ1v) is 12.4. The lowest BCUT2D eigenvalue weighted by Gasteiger charge is -2.28. The molecule has 2 aromatic rings. The molecule has 1 amide bonds. The monoisotopic (exact) mass is 543 g/mol. The van der Waals surface area contributed by atoms with Crippen molar-refractivity contribution in [3.63, 3.8) is 0 Å². The van der Waals surface area contributed by atoms with Crippen LogP contribution in [0.1, 0.15) is 5.56 Å². The fourth-order valence-electron chi connectivity index (χ4n) is 3.55. The lowest BCUT2D eigenvalue weighted by molar-refractivity contribution is -0.121. The molecule has 0 spiro atoms. The fraction of sp³-hybridized carbons (Fsp3) is 0.280. The maximum absolute atomic E-state index is 12.9. The maximum Gasteiger partial charge on any atom is 0.266 e. The average Bonchev–Trinajstić information content (AvgIpc) is 3.12. The number of amides is 1. The van der Waals surface area contributed by atoms with Gasteiger partial charge >= 0.3 is 0 Å². The summed E-state index contributed by atoms with van der Waals surface area (Å²) in [4.78, 5) is 22.0. The normalized spacial score (nSPS) is 18.6. The molecule has 2 heterocycles. The van der Waals surface area contributed by atoms with Crippen LogP contribution in [0.3, 0.4) is 0 Å². The third-order valence-electron chi connectivity index (χ3n) is 5.38. The van der Waals surface area contributed by atoms with Crippen molar-refractivity contribution >= 4 is 56.2 Å². The summed E-state index contributed by atoms with van der Waals surface area (Å²) in [5, 5.41) is 0.629. The number of nitrogens with zero attached hydrogens (tertiary/aromatic N) is 3. The van der Waals surface area contributed by atoms with Gasteiger partial charge in [-0.2, -0.15) is 0 Å². The largest absolute Gasteiger partial charge is 0.493 e. The van der Waals surface area contributed by atoms with Crippen molar-refractivity contribution in [3.05, 3.63) is 64.0 Å². The highest BCUT2D eigenvalue weighted by molar-refractivity contribution is 9.10. The number of hydrogen-bond donors (Lipinski definition) is 0. The molecule has 0 atom stereocenters. The molecule has 0 N–H and O–H groups in total. The van der Waals surface area contributed by atoms with Crippen LogP contribution in [0.2, 0.25) is 0 Å². The number of morpholine rings is 1. The molecule has 2 aromatic carbocycles. The van der Waals surface area contributed by atoms with E-state index >= 15 is 0 Å². The second-order valence-electron chi connectivity index (χ2n) is 7.61. The van der Waals surface area contributed by atoms with Gasteiger partial charge in [0.15, 0.2) is 16.7 Å². The number of halogens is 1. The van der Waals surface area contributed by atoms with Crippen LogP contribution in [0.5, 0.6) is 11.5 Å². The molecular weight excluding hydrogens is 518 g/mol. The zero-order chi connectivity index (χ0) is 24.1. The van der Waals surface area contributed by atoms with Gasteiger partial charge in [-0.3, -0.25) is 9.69 Å². The molecule has 7 nitrogen and oxygen atoms in total. The van der Waals surface area contributed by atoms with Crippen LogP contribution in [0, 0.1) is 0 Å². The molecule has 2 aliphatic heterocycles. The van der Waals surface area contributed by atoms with Crippen LogP contribution in [0.4, 0.5) is 11.4 Å². The van der Waals surface area contributed by atoms with Gasteiger partial charge in [-0.1, -0.05) is 28.6 Å². The molecule has 9 heteroatoms. The van der Waals surface area contributed by atoms with E-state index in [1.165, 1.54) is 11.8 Å². The molecule has 2 fully saturated rings. The van der Waals surface area contributed by atoms with Crippen LogP contribution in [0.15, 0.2) is 63.4 Å². The highest BCUT2D eigenvalue weighted by Crippen LogP contribution is 2.38. The van der Waals surface area contributed by atoms with E-state index in [9.17, 15) is 4.79 Å². The first kappa shape index (κ1) is 24.4. The number of ether oxygens (including phenoxy) is 3. The number of rotatable bonds is 7. The Morgan fingerprint density at radius 1 is 1.21 bits per heavy atom. The summed E-state index contributed by atoms with van der Waals surface area (Å²) in [5.74, 6) is 1.07. The van der Waals surface area contributed by atoms with Crippen molar-refractivity contribution in [2.45, 2.75) is 0 Å². The van der Waals surface area contributed by atoms with Crippen molar-refractivity contribution in [3.8, 4) is 11.5 Å². The Morgan fingerprint density at radius 2 is 1.94 bits per heavy atom. The molecular formula is C25H26BrN3O4S. The van der Waals surface area contributed by atoms with E-state index in [1.54, 1.807) is 25.1 Å². The Bertz CT molecular complexity index is 1130. The summed E-state index contributed by atoms with van der Waals surface area (Å²) in [7, 11) is 3.32. The van der Waals surface area contributed by atoms with E-state index in [4.69, 9.17) is 19.2 Å². The summed E-state index contributed by atoms with van der Waals surface area (Å²) in [6.45, 7) is 7.30. The van der Waals surface area contributed by atoms with Crippen LogP contribution < -0.4 is 14.4 Å². The number of methoxy groups -OCH3 is 1. The molecule has 2 saturated heterocycles. The molecule has 0 aromatic heterocycles. The Balaban J connectivity index is 1.54. The van der Waals surface area contributed by atoms with Crippen LogP contribution in [-0.2, 0) is 9.53 Å². The predicted octanol–water partition coefficient (Wildman–Crippen LogP) is 5.09. The molecule has 0 unspecified atom stereocenters. The van der Waals surface area contributed by atoms with Gasteiger partial charge in [-0.25, -0.2) is 4.99 Å². The Hall–Kier alpha value is -2.75. The van der Waals surface area contributed by atoms with E-state index in [1.807, 2.05) is 30.3 Å². The number of benzene rings is 2. The first-order valence-electron chi connectivity index (χ1n) is 10.8. The standard InChI is InChI=1S/C25H26BrN3O4S/c1-4-11-33-22-16-20(26)17(14-21(22)31-3)15-23-24(30)28(2)25(34-23)27-18-5-7-19(8-6-18)29-9-12-32-13-10-29/h4-8,14-16H,1,9-13H2,2-3H3/b23-15-,27-25?. The van der Waals surface area contributed by atoms with Gasteiger partial charge in [-0.05, 0) is 59.8 Å². The number of thioether (sulfide) groups is 1. The van der Waals surface area contributed by atoms with E-state index in [0.717, 1.165) is 47.7 Å². The van der Waals surface area contributed by atoms with Crippen molar-refractivity contribution in [2.24, 2.45) is 4.99 Å². The second-order valence-corrected chi connectivity index (χ2v) is 9.47. The molecule has 0 bridgehead atoms. The quantitative estimate of drug-likeness (QED) is 0.358. The molecule has 0 radical (unpaired) electrons. The fourth-order valence-corrected chi connectivity index (χ4v) is 4.96. The van der Waals surface area contributed by atoms with Crippen molar-refractivity contribution in [1.82, 2.24) is 4.90 Å². The van der Waals surface area contributed by atoms with Gasteiger partial charge in [0.25, 0.3) is 5.91 Å². The Labute approximate surface area is 212 Å². The average molecular weight is 544 g/mol. The smallest absolute Gasteiger partial charge is 0.266 e. The summed E-state index contributed by atoms with van der Waals surface area (Å²) in [5.41, 5.74) is 2.76. The van der Waals surface area contributed by atoms with E-state index in [-0.39, 0.29) is 5.91 Å². The minimum atomic E-state index is -0.105. The zero-order valence-electron chi connectivity index (χ0n) is 19.1. The number of anilines is 1. The molecule has 34 heavy (non-hydrogen) atoms. The SMILES string of the molecule is C=CCOc1cc(Br)c(/C=C2\SC(=Nc3ccc(N4CCOCC4)cc3)N(C)C2=O)cc1OC. The third kappa shape index (κ3) is 5.48. The summed E-state index contributed by atoms with van der Waals surface area (Å²) >= 11 is 4.91. The van der Waals surface area contributed by atoms with Gasteiger partial charge in [0.1, 0.15) is 6.61 Å². The summed E-state index contributed by atoms with van der Waals surface area (Å²) in [6, 6.07) is 11.7. The van der Waals surface area contributed by atoms with Crippen molar-refractivity contribution < 1.29 is 19.0 Å². The number of carbonyl (C=O) groups is 1. The second kappa shape index (κ2) is 11.1. The van der Waals surface area contributed by atoms with Gasteiger partial charge < -0.3 is 19.1 Å².